The number of nitrogens with zero attached hydrogens (tertiary/aromatic N) is 1. The molecule has 0 bridgehead atoms. The number of nitrogens with one attached hydrogen (secondary N) is 2. The highest BCUT2D eigenvalue weighted by atomic mass is 19.4. The summed E-state index contributed by atoms with van der Waals surface area (Å²) in [4.78, 5) is 15.6. The van der Waals surface area contributed by atoms with E-state index in [2.05, 4.69) is 27.7 Å². The highest BCUT2D eigenvalue weighted by Crippen LogP contribution is 2.51. The lowest BCUT2D eigenvalue weighted by Gasteiger charge is -2.47. The van der Waals surface area contributed by atoms with Crippen molar-refractivity contribution in [3.8, 4) is 11.5 Å². The van der Waals surface area contributed by atoms with Crippen LogP contribution in [-0.2, 0) is 11.6 Å². The van der Waals surface area contributed by atoms with E-state index in [1.165, 1.54) is 49.8 Å². The molecule has 2 N–H and O–H groups in total. The lowest BCUT2D eigenvalue weighted by atomic mass is 9.64. The molecule has 0 unspecified atom stereocenters. The monoisotopic (exact) mass is 545 g/mol. The first-order valence-corrected chi connectivity index (χ1v) is 14.0. The third-order valence-electron chi connectivity index (χ3n) is 9.11. The van der Waals surface area contributed by atoms with Crippen molar-refractivity contribution in [3.63, 3.8) is 0 Å². The molecule has 0 aromatic heterocycles. The molecule has 2 amide bonds. The SMILES string of the molecule is COc1ccc([C@@]23CC[C@H](NC(=O)Nc4ccc(C(F)(F)F)cc4)C[C@H]2N(C2CCCCC2)CC3)cc1OC. The van der Waals surface area contributed by atoms with Crippen LogP contribution < -0.4 is 20.1 Å². The van der Waals surface area contributed by atoms with Crippen LogP contribution in [0.4, 0.5) is 23.7 Å². The molecule has 2 saturated carbocycles. The summed E-state index contributed by atoms with van der Waals surface area (Å²) in [7, 11) is 3.31. The van der Waals surface area contributed by atoms with Crippen LogP contribution in [0.2, 0.25) is 0 Å². The topological polar surface area (TPSA) is 62.8 Å². The van der Waals surface area contributed by atoms with Crippen LogP contribution in [0.1, 0.15) is 68.9 Å². The van der Waals surface area contributed by atoms with Gasteiger partial charge < -0.3 is 20.1 Å². The third kappa shape index (κ3) is 5.69. The highest BCUT2D eigenvalue weighted by Gasteiger charge is 2.53. The van der Waals surface area contributed by atoms with Crippen LogP contribution in [0, 0.1) is 0 Å². The predicted octanol–water partition coefficient (Wildman–Crippen LogP) is 6.74. The van der Waals surface area contributed by atoms with Crippen molar-refractivity contribution < 1.29 is 27.4 Å². The highest BCUT2D eigenvalue weighted by molar-refractivity contribution is 5.89. The van der Waals surface area contributed by atoms with Crippen molar-refractivity contribution in [2.45, 2.75) is 87.5 Å². The quantitative estimate of drug-likeness (QED) is 0.422. The van der Waals surface area contributed by atoms with Gasteiger partial charge in [-0.3, -0.25) is 4.90 Å². The minimum Gasteiger partial charge on any atom is -0.493 e. The molecule has 0 radical (unpaired) electrons. The normalized spacial score (nSPS) is 26.1. The summed E-state index contributed by atoms with van der Waals surface area (Å²) < 4.78 is 49.8. The van der Waals surface area contributed by atoms with Gasteiger partial charge in [0.05, 0.1) is 19.8 Å². The van der Waals surface area contributed by atoms with Crippen LogP contribution in [0.5, 0.6) is 11.5 Å². The number of amides is 2. The number of ether oxygens (including phenoxy) is 2. The Labute approximate surface area is 228 Å². The van der Waals surface area contributed by atoms with E-state index in [0.29, 0.717) is 17.5 Å². The van der Waals surface area contributed by atoms with Gasteiger partial charge in [-0.2, -0.15) is 13.2 Å². The molecule has 9 heteroatoms. The van der Waals surface area contributed by atoms with Crippen LogP contribution in [0.25, 0.3) is 0 Å². The second kappa shape index (κ2) is 11.3. The second-order valence-corrected chi connectivity index (χ2v) is 11.2. The van der Waals surface area contributed by atoms with Crippen LogP contribution >= 0.6 is 0 Å². The number of hydrogen-bond donors (Lipinski definition) is 2. The first-order valence-electron chi connectivity index (χ1n) is 14.0. The molecule has 3 atom stereocenters. The molecule has 3 aliphatic rings. The smallest absolute Gasteiger partial charge is 0.416 e. The fourth-order valence-electron chi connectivity index (χ4n) is 7.14. The summed E-state index contributed by atoms with van der Waals surface area (Å²) in [5.74, 6) is 1.45. The van der Waals surface area contributed by atoms with E-state index in [0.717, 1.165) is 50.1 Å². The fourth-order valence-corrected chi connectivity index (χ4v) is 7.14. The van der Waals surface area contributed by atoms with Crippen molar-refractivity contribution in [1.29, 1.82) is 0 Å². The van der Waals surface area contributed by atoms with E-state index in [1.807, 2.05) is 6.07 Å². The molecule has 1 aliphatic heterocycles. The Bertz CT molecular complexity index is 1150. The van der Waals surface area contributed by atoms with Gasteiger partial charge in [-0.05, 0) is 87.0 Å². The van der Waals surface area contributed by atoms with Crippen molar-refractivity contribution in [3.05, 3.63) is 53.6 Å². The summed E-state index contributed by atoms with van der Waals surface area (Å²) in [5.41, 5.74) is 0.826. The van der Waals surface area contributed by atoms with Gasteiger partial charge in [-0.25, -0.2) is 4.79 Å². The first-order chi connectivity index (χ1) is 18.7. The maximum absolute atomic E-state index is 12.9. The van der Waals surface area contributed by atoms with E-state index in [4.69, 9.17) is 9.47 Å². The lowest BCUT2D eigenvalue weighted by molar-refractivity contribution is -0.137. The molecule has 3 fully saturated rings. The van der Waals surface area contributed by atoms with E-state index >= 15 is 0 Å². The van der Waals surface area contributed by atoms with Crippen molar-refractivity contribution in [2.75, 3.05) is 26.1 Å². The number of likely N-dealkylation sites (tertiary alicyclic amines) is 1. The van der Waals surface area contributed by atoms with E-state index < -0.39 is 11.7 Å². The number of urea groups is 1. The summed E-state index contributed by atoms with van der Waals surface area (Å²) >= 11 is 0. The Hall–Kier alpha value is -2.94. The number of hydrogen-bond acceptors (Lipinski definition) is 4. The number of benzene rings is 2. The van der Waals surface area contributed by atoms with E-state index in [9.17, 15) is 18.0 Å². The zero-order valence-corrected chi connectivity index (χ0v) is 22.7. The van der Waals surface area contributed by atoms with Gasteiger partial charge >= 0.3 is 12.2 Å². The number of anilines is 1. The first kappa shape index (κ1) is 27.6. The van der Waals surface area contributed by atoms with Gasteiger partial charge in [0.1, 0.15) is 0 Å². The number of alkyl halides is 3. The predicted molar refractivity (Wildman–Crippen MR) is 144 cm³/mol. The minimum atomic E-state index is -4.41. The Morgan fingerprint density at radius 3 is 2.33 bits per heavy atom. The molecule has 39 heavy (non-hydrogen) atoms. The standard InChI is InChI=1S/C30H38F3N3O3/c1-38-25-13-10-21(18-26(25)39-2)29-15-14-23(19-27(29)36(17-16-29)24-6-4-3-5-7-24)35-28(37)34-22-11-8-20(9-12-22)30(31,32)33/h8-13,18,23-24,27H,3-7,14-17,19H2,1-2H3,(H2,34,35,37)/t23-,27+,29-/m0/s1. The van der Waals surface area contributed by atoms with Gasteiger partial charge in [-0.15, -0.1) is 0 Å². The fraction of sp³-hybridized carbons (Fsp3) is 0.567. The van der Waals surface area contributed by atoms with Crippen molar-refractivity contribution in [2.24, 2.45) is 0 Å². The minimum absolute atomic E-state index is 0.0260. The second-order valence-electron chi connectivity index (χ2n) is 11.2. The van der Waals surface area contributed by atoms with Gasteiger partial charge in [0, 0.05) is 29.2 Å². The largest absolute Gasteiger partial charge is 0.493 e. The molecular weight excluding hydrogens is 507 g/mol. The average molecular weight is 546 g/mol. The van der Waals surface area contributed by atoms with Crippen molar-refractivity contribution >= 4 is 11.7 Å². The number of halogens is 3. The molecule has 1 heterocycles. The summed E-state index contributed by atoms with van der Waals surface area (Å²) in [6.45, 7) is 1.04. The molecule has 6 nitrogen and oxygen atoms in total. The van der Waals surface area contributed by atoms with Gasteiger partial charge in [0.15, 0.2) is 11.5 Å². The Morgan fingerprint density at radius 1 is 0.949 bits per heavy atom. The van der Waals surface area contributed by atoms with Crippen LogP contribution in [-0.4, -0.2) is 49.8 Å². The Morgan fingerprint density at radius 2 is 1.67 bits per heavy atom. The number of rotatable bonds is 6. The third-order valence-corrected chi connectivity index (χ3v) is 9.11. The molecule has 2 aromatic rings. The number of methoxy groups -OCH3 is 2. The van der Waals surface area contributed by atoms with E-state index in [-0.39, 0.29) is 23.5 Å². The molecular formula is C30H38F3N3O3. The average Bonchev–Trinajstić information content (AvgIpc) is 3.33. The summed E-state index contributed by atoms with van der Waals surface area (Å²) in [6, 6.07) is 11.2. The molecule has 212 valence electrons. The molecule has 1 saturated heterocycles. The summed E-state index contributed by atoms with van der Waals surface area (Å²) in [5, 5.41) is 5.82. The maximum atomic E-state index is 12.9. The Balaban J connectivity index is 1.33. The number of fused-ring (bicyclic) bond motifs is 1. The maximum Gasteiger partial charge on any atom is 0.416 e. The van der Waals surface area contributed by atoms with Gasteiger partial charge in [0.25, 0.3) is 0 Å². The summed E-state index contributed by atoms with van der Waals surface area (Å²) in [6.07, 6.45) is 5.47. The van der Waals surface area contributed by atoms with E-state index in [1.54, 1.807) is 14.2 Å². The van der Waals surface area contributed by atoms with Crippen LogP contribution in [0.3, 0.4) is 0 Å². The zero-order chi connectivity index (χ0) is 27.6. The van der Waals surface area contributed by atoms with Crippen LogP contribution in [0.15, 0.2) is 42.5 Å². The Kier molecular flexibility index (Phi) is 7.99. The van der Waals surface area contributed by atoms with Gasteiger partial charge in [0.2, 0.25) is 0 Å². The number of carbonyl (C=O) groups is 1. The molecule has 2 aromatic carbocycles. The van der Waals surface area contributed by atoms with Crippen molar-refractivity contribution in [1.82, 2.24) is 10.2 Å². The molecule has 0 spiro atoms. The number of carbonyl (C=O) groups excluding carboxylic acids is 1. The van der Waals surface area contributed by atoms with Gasteiger partial charge in [-0.1, -0.05) is 25.3 Å². The molecule has 5 rings (SSSR count). The molecule has 2 aliphatic carbocycles. The lowest BCUT2D eigenvalue weighted by Crippen LogP contribution is -2.55. The zero-order valence-electron chi connectivity index (χ0n) is 22.7.